The second kappa shape index (κ2) is 5.35. The van der Waals surface area contributed by atoms with Crippen LogP contribution >= 0.6 is 11.6 Å². The Morgan fingerprint density at radius 2 is 1.80 bits per heavy atom. The molecule has 0 saturated carbocycles. The van der Waals surface area contributed by atoms with Gasteiger partial charge in [-0.15, -0.1) is 0 Å². The van der Waals surface area contributed by atoms with Crippen LogP contribution in [-0.2, 0) is 6.18 Å². The Hall–Kier alpha value is -2.33. The average molecular weight is 300 g/mol. The van der Waals surface area contributed by atoms with Crippen molar-refractivity contribution in [1.29, 1.82) is 5.26 Å². The fourth-order valence-electron chi connectivity index (χ4n) is 1.35. The van der Waals surface area contributed by atoms with E-state index >= 15 is 0 Å². The molecule has 102 valence electrons. The minimum Gasteiger partial charge on any atom is -0.454 e. The normalized spacial score (nSPS) is 10.9. The Kier molecular flexibility index (Phi) is 3.77. The van der Waals surface area contributed by atoms with Crippen LogP contribution in [0.4, 0.5) is 13.2 Å². The highest BCUT2D eigenvalue weighted by molar-refractivity contribution is 6.31. The van der Waals surface area contributed by atoms with E-state index in [1.165, 1.54) is 18.5 Å². The number of alkyl halides is 3. The smallest absolute Gasteiger partial charge is 0.417 e. The fourth-order valence-corrected chi connectivity index (χ4v) is 1.57. The van der Waals surface area contributed by atoms with Crippen molar-refractivity contribution in [3.8, 4) is 17.6 Å². The minimum absolute atomic E-state index is 0.0602. The lowest BCUT2D eigenvalue weighted by atomic mass is 10.2. The lowest BCUT2D eigenvalue weighted by molar-refractivity contribution is -0.137. The van der Waals surface area contributed by atoms with E-state index in [2.05, 4.69) is 9.97 Å². The second-order valence-corrected chi connectivity index (χ2v) is 4.00. The maximum Gasteiger partial charge on any atom is 0.417 e. The molecule has 0 unspecified atom stereocenters. The summed E-state index contributed by atoms with van der Waals surface area (Å²) < 4.78 is 43.2. The third-order valence-corrected chi connectivity index (χ3v) is 2.54. The topological polar surface area (TPSA) is 58.8 Å². The monoisotopic (exact) mass is 299 g/mol. The van der Waals surface area contributed by atoms with Crippen molar-refractivity contribution < 1.29 is 17.9 Å². The van der Waals surface area contributed by atoms with Crippen LogP contribution in [0.15, 0.2) is 30.6 Å². The third-order valence-electron chi connectivity index (χ3n) is 2.21. The molecule has 2 rings (SSSR count). The highest BCUT2D eigenvalue weighted by Gasteiger charge is 2.33. The molecule has 4 nitrogen and oxygen atoms in total. The summed E-state index contributed by atoms with van der Waals surface area (Å²) in [6, 6.07) is 4.86. The summed E-state index contributed by atoms with van der Waals surface area (Å²) in [5, 5.41) is 8.10. The van der Waals surface area contributed by atoms with Crippen LogP contribution < -0.4 is 4.74 Å². The van der Waals surface area contributed by atoms with E-state index in [1.807, 2.05) is 0 Å². The van der Waals surface area contributed by atoms with Gasteiger partial charge in [-0.3, -0.25) is 0 Å². The zero-order chi connectivity index (χ0) is 14.8. The highest BCUT2D eigenvalue weighted by atomic mass is 35.5. The quantitative estimate of drug-likeness (QED) is 0.846. The number of ether oxygens (including phenoxy) is 1. The first-order valence-electron chi connectivity index (χ1n) is 5.17. The second-order valence-electron chi connectivity index (χ2n) is 3.60. The van der Waals surface area contributed by atoms with Crippen molar-refractivity contribution in [2.45, 2.75) is 6.18 Å². The summed E-state index contributed by atoms with van der Waals surface area (Å²) in [4.78, 5) is 7.27. The minimum atomic E-state index is -4.57. The maximum atomic E-state index is 12.7. The molecule has 0 spiro atoms. The fraction of sp³-hybridized carbons (Fsp3) is 0.0833. The lowest BCUT2D eigenvalue weighted by Crippen LogP contribution is -2.06. The van der Waals surface area contributed by atoms with Crippen molar-refractivity contribution in [2.24, 2.45) is 0 Å². The molecule has 0 N–H and O–H groups in total. The van der Waals surface area contributed by atoms with Crippen LogP contribution in [-0.4, -0.2) is 9.97 Å². The number of nitriles is 1. The van der Waals surface area contributed by atoms with Gasteiger partial charge in [0.05, 0.1) is 23.0 Å². The molecule has 1 aromatic carbocycles. The molecule has 20 heavy (non-hydrogen) atoms. The standard InChI is InChI=1S/C12H5ClF3N3O/c13-10-2-1-7(3-9(10)12(14,15)16)20-8-5-18-11(4-17)19-6-8/h1-3,5-6H. The summed E-state index contributed by atoms with van der Waals surface area (Å²) in [6.45, 7) is 0. The molecule has 0 atom stereocenters. The van der Waals surface area contributed by atoms with Gasteiger partial charge in [0.1, 0.15) is 11.8 Å². The largest absolute Gasteiger partial charge is 0.454 e. The third kappa shape index (κ3) is 3.16. The van der Waals surface area contributed by atoms with Gasteiger partial charge in [0.25, 0.3) is 0 Å². The zero-order valence-corrected chi connectivity index (χ0v) is 10.4. The lowest BCUT2D eigenvalue weighted by Gasteiger charge is -2.11. The van der Waals surface area contributed by atoms with Gasteiger partial charge in [-0.05, 0) is 18.2 Å². The van der Waals surface area contributed by atoms with Gasteiger partial charge in [-0.1, -0.05) is 11.6 Å². The first kappa shape index (κ1) is 14.1. The number of halogens is 4. The first-order valence-corrected chi connectivity index (χ1v) is 5.54. The Balaban J connectivity index is 2.28. The molecule has 0 aliphatic carbocycles. The Morgan fingerprint density at radius 3 is 2.35 bits per heavy atom. The van der Waals surface area contributed by atoms with Crippen LogP contribution in [0.1, 0.15) is 11.4 Å². The van der Waals surface area contributed by atoms with Crippen molar-refractivity contribution in [2.75, 3.05) is 0 Å². The highest BCUT2D eigenvalue weighted by Crippen LogP contribution is 2.37. The summed E-state index contributed by atoms with van der Waals surface area (Å²) in [7, 11) is 0. The SMILES string of the molecule is N#Cc1ncc(Oc2ccc(Cl)c(C(F)(F)F)c2)cn1. The molecule has 8 heteroatoms. The predicted octanol–water partition coefficient (Wildman–Crippen LogP) is 3.81. The van der Waals surface area contributed by atoms with Gasteiger partial charge in [0.2, 0.25) is 5.82 Å². The van der Waals surface area contributed by atoms with Gasteiger partial charge in [0.15, 0.2) is 5.75 Å². The molecule has 1 heterocycles. The van der Waals surface area contributed by atoms with Crippen LogP contribution in [0, 0.1) is 11.3 Å². The van der Waals surface area contributed by atoms with Gasteiger partial charge < -0.3 is 4.74 Å². The predicted molar refractivity (Wildman–Crippen MR) is 63.3 cm³/mol. The molecule has 0 aliphatic rings. The Morgan fingerprint density at radius 1 is 1.15 bits per heavy atom. The summed E-state index contributed by atoms with van der Waals surface area (Å²) in [6.07, 6.45) is -2.20. The van der Waals surface area contributed by atoms with E-state index in [0.717, 1.165) is 12.1 Å². The molecular formula is C12H5ClF3N3O. The summed E-state index contributed by atoms with van der Waals surface area (Å²) in [5.41, 5.74) is -0.994. The van der Waals surface area contributed by atoms with Crippen molar-refractivity contribution in [3.05, 3.63) is 47.0 Å². The van der Waals surface area contributed by atoms with Crippen LogP contribution in [0.25, 0.3) is 0 Å². The van der Waals surface area contributed by atoms with Crippen molar-refractivity contribution in [3.63, 3.8) is 0 Å². The Labute approximate surface area is 116 Å². The molecule has 0 bridgehead atoms. The zero-order valence-electron chi connectivity index (χ0n) is 9.65. The van der Waals surface area contributed by atoms with Gasteiger partial charge >= 0.3 is 6.18 Å². The van der Waals surface area contributed by atoms with Gasteiger partial charge in [-0.2, -0.15) is 18.4 Å². The van der Waals surface area contributed by atoms with Crippen molar-refractivity contribution in [1.82, 2.24) is 9.97 Å². The number of hydrogen-bond acceptors (Lipinski definition) is 4. The number of aromatic nitrogens is 2. The van der Waals surface area contributed by atoms with Crippen molar-refractivity contribution >= 4 is 11.6 Å². The number of benzene rings is 1. The van der Waals surface area contributed by atoms with E-state index in [9.17, 15) is 13.2 Å². The molecule has 0 amide bonds. The van der Waals surface area contributed by atoms with E-state index < -0.39 is 16.8 Å². The molecule has 0 radical (unpaired) electrons. The van der Waals surface area contributed by atoms with Crippen LogP contribution in [0.5, 0.6) is 11.5 Å². The first-order chi connectivity index (χ1) is 9.40. The summed E-state index contributed by atoms with van der Waals surface area (Å²) in [5.74, 6) is -0.0149. The van der Waals surface area contributed by atoms with Crippen LogP contribution in [0.3, 0.4) is 0 Å². The molecule has 0 aliphatic heterocycles. The summed E-state index contributed by atoms with van der Waals surface area (Å²) >= 11 is 5.49. The molecule has 2 aromatic rings. The average Bonchev–Trinajstić information content (AvgIpc) is 2.40. The van der Waals surface area contributed by atoms with E-state index in [0.29, 0.717) is 0 Å². The van der Waals surface area contributed by atoms with Gasteiger partial charge in [0, 0.05) is 0 Å². The molecular weight excluding hydrogens is 295 g/mol. The number of nitrogens with zero attached hydrogens (tertiary/aromatic N) is 3. The van der Waals surface area contributed by atoms with E-state index in [-0.39, 0.29) is 17.3 Å². The maximum absolute atomic E-state index is 12.7. The number of hydrogen-bond donors (Lipinski definition) is 0. The number of rotatable bonds is 2. The molecule has 0 fully saturated rings. The molecule has 1 aromatic heterocycles. The van der Waals surface area contributed by atoms with Crippen LogP contribution in [0.2, 0.25) is 5.02 Å². The van der Waals surface area contributed by atoms with E-state index in [1.54, 1.807) is 6.07 Å². The Bertz CT molecular complexity index is 665. The van der Waals surface area contributed by atoms with E-state index in [4.69, 9.17) is 21.6 Å². The van der Waals surface area contributed by atoms with Gasteiger partial charge in [-0.25, -0.2) is 9.97 Å². The molecule has 0 saturated heterocycles.